The van der Waals surface area contributed by atoms with Crippen molar-refractivity contribution < 1.29 is 9.90 Å². The van der Waals surface area contributed by atoms with E-state index in [9.17, 15) is 9.90 Å². The molecule has 0 spiro atoms. The van der Waals surface area contributed by atoms with Crippen molar-refractivity contribution >= 4 is 6.29 Å². The second-order valence-electron chi connectivity index (χ2n) is 4.16. The van der Waals surface area contributed by atoms with Gasteiger partial charge in [0.2, 0.25) is 0 Å². The van der Waals surface area contributed by atoms with E-state index in [2.05, 4.69) is 6.92 Å². The van der Waals surface area contributed by atoms with Crippen molar-refractivity contribution in [2.75, 3.05) is 0 Å². The van der Waals surface area contributed by atoms with Gasteiger partial charge in [-0.15, -0.1) is 0 Å². The third-order valence-electron chi connectivity index (χ3n) is 2.54. The van der Waals surface area contributed by atoms with Crippen LogP contribution in [0.25, 0.3) is 0 Å². The van der Waals surface area contributed by atoms with Crippen molar-refractivity contribution in [2.45, 2.75) is 64.9 Å². The Bertz CT molecular complexity index is 185. The number of aldehydes is 1. The Kier molecular flexibility index (Phi) is 9.49. The van der Waals surface area contributed by atoms with Crippen LogP contribution in [0.4, 0.5) is 0 Å². The second-order valence-corrected chi connectivity index (χ2v) is 4.16. The van der Waals surface area contributed by atoms with Gasteiger partial charge in [-0.2, -0.15) is 0 Å². The van der Waals surface area contributed by atoms with Gasteiger partial charge in [0.1, 0.15) is 6.29 Å². The zero-order valence-electron chi connectivity index (χ0n) is 10.0. The predicted octanol–water partition coefficient (Wildman–Crippen LogP) is 3.24. The van der Waals surface area contributed by atoms with Crippen molar-refractivity contribution in [3.8, 4) is 0 Å². The van der Waals surface area contributed by atoms with Gasteiger partial charge in [0.25, 0.3) is 0 Å². The Morgan fingerprint density at radius 3 is 2.53 bits per heavy atom. The Morgan fingerprint density at radius 1 is 1.27 bits per heavy atom. The number of allylic oxidation sites excluding steroid dienone is 1. The normalized spacial score (nSPS) is 13.9. The van der Waals surface area contributed by atoms with Gasteiger partial charge in [-0.05, 0) is 25.3 Å². The van der Waals surface area contributed by atoms with E-state index in [-0.39, 0.29) is 6.10 Å². The first kappa shape index (κ1) is 14.4. The highest BCUT2D eigenvalue weighted by Crippen LogP contribution is 2.10. The van der Waals surface area contributed by atoms with Crippen LogP contribution < -0.4 is 0 Å². The summed E-state index contributed by atoms with van der Waals surface area (Å²) in [7, 11) is 0. The molecule has 0 aromatic rings. The summed E-state index contributed by atoms with van der Waals surface area (Å²) in [6, 6.07) is 0. The van der Waals surface area contributed by atoms with Crippen molar-refractivity contribution in [1.82, 2.24) is 0 Å². The molecule has 0 saturated heterocycles. The molecular formula is C13H24O2. The van der Waals surface area contributed by atoms with E-state index in [4.69, 9.17) is 0 Å². The Morgan fingerprint density at radius 2 is 1.93 bits per heavy atom. The minimum Gasteiger partial charge on any atom is -0.393 e. The maximum absolute atomic E-state index is 10.3. The van der Waals surface area contributed by atoms with Crippen LogP contribution in [0, 0.1) is 0 Å². The van der Waals surface area contributed by atoms with Crippen LogP contribution in [0.2, 0.25) is 0 Å². The van der Waals surface area contributed by atoms with Gasteiger partial charge in [0.15, 0.2) is 0 Å². The molecule has 2 heteroatoms. The van der Waals surface area contributed by atoms with E-state index in [1.54, 1.807) is 6.92 Å². The first-order valence-corrected chi connectivity index (χ1v) is 6.00. The second kappa shape index (κ2) is 9.91. The van der Waals surface area contributed by atoms with Crippen molar-refractivity contribution in [3.05, 3.63) is 11.6 Å². The summed E-state index contributed by atoms with van der Waals surface area (Å²) < 4.78 is 0. The van der Waals surface area contributed by atoms with Crippen LogP contribution in [-0.2, 0) is 4.79 Å². The average molecular weight is 212 g/mol. The summed E-state index contributed by atoms with van der Waals surface area (Å²) >= 11 is 0. The largest absolute Gasteiger partial charge is 0.393 e. The maximum Gasteiger partial charge on any atom is 0.145 e. The van der Waals surface area contributed by atoms with Gasteiger partial charge in [-0.3, -0.25) is 4.79 Å². The minimum atomic E-state index is -0.276. The van der Waals surface area contributed by atoms with Crippen molar-refractivity contribution in [1.29, 1.82) is 0 Å². The fourth-order valence-corrected chi connectivity index (χ4v) is 1.47. The zero-order chi connectivity index (χ0) is 11.5. The highest BCUT2D eigenvalue weighted by molar-refractivity contribution is 5.71. The van der Waals surface area contributed by atoms with Gasteiger partial charge in [-0.1, -0.05) is 45.1 Å². The molecule has 2 nitrogen and oxygen atoms in total. The molecule has 0 aliphatic rings. The molecule has 0 saturated carbocycles. The molecule has 0 bridgehead atoms. The molecule has 0 unspecified atom stereocenters. The van der Waals surface area contributed by atoms with E-state index < -0.39 is 0 Å². The number of unbranched alkanes of at least 4 members (excludes halogenated alkanes) is 4. The molecule has 0 fully saturated rings. The number of aliphatic hydroxyl groups excluding tert-OH is 1. The Hall–Kier alpha value is -0.630. The molecule has 0 heterocycles. The van der Waals surface area contributed by atoms with Crippen LogP contribution >= 0.6 is 0 Å². The highest BCUT2D eigenvalue weighted by Gasteiger charge is 2.01. The van der Waals surface area contributed by atoms with Crippen LogP contribution in [-0.4, -0.2) is 17.5 Å². The SMILES string of the molecule is CCCCCCC[C@@H](O)C/C=C(\C)C=O. The molecule has 88 valence electrons. The monoisotopic (exact) mass is 212 g/mol. The number of hydrogen-bond acceptors (Lipinski definition) is 2. The zero-order valence-corrected chi connectivity index (χ0v) is 10.0. The fourth-order valence-electron chi connectivity index (χ4n) is 1.47. The van der Waals surface area contributed by atoms with E-state index in [1.807, 2.05) is 6.08 Å². The lowest BCUT2D eigenvalue weighted by Crippen LogP contribution is -2.04. The average Bonchev–Trinajstić information content (AvgIpc) is 2.25. The summed E-state index contributed by atoms with van der Waals surface area (Å²) in [5.74, 6) is 0. The third kappa shape index (κ3) is 9.67. The summed E-state index contributed by atoms with van der Waals surface area (Å²) in [4.78, 5) is 10.3. The molecular weight excluding hydrogens is 188 g/mol. The molecule has 0 aliphatic carbocycles. The number of hydrogen-bond donors (Lipinski definition) is 1. The first-order chi connectivity index (χ1) is 7.20. The molecule has 15 heavy (non-hydrogen) atoms. The van der Waals surface area contributed by atoms with Gasteiger partial charge >= 0.3 is 0 Å². The van der Waals surface area contributed by atoms with E-state index >= 15 is 0 Å². The van der Waals surface area contributed by atoms with Crippen molar-refractivity contribution in [3.63, 3.8) is 0 Å². The fraction of sp³-hybridized carbons (Fsp3) is 0.769. The number of carbonyl (C=O) groups is 1. The number of carbonyl (C=O) groups excluding carboxylic acids is 1. The molecule has 0 amide bonds. The molecule has 0 aliphatic heterocycles. The predicted molar refractivity (Wildman–Crippen MR) is 63.8 cm³/mol. The van der Waals surface area contributed by atoms with Gasteiger partial charge in [0.05, 0.1) is 6.10 Å². The lowest BCUT2D eigenvalue weighted by Gasteiger charge is -2.07. The van der Waals surface area contributed by atoms with Crippen molar-refractivity contribution in [2.24, 2.45) is 0 Å². The maximum atomic E-state index is 10.3. The van der Waals surface area contributed by atoms with E-state index in [1.165, 1.54) is 25.7 Å². The minimum absolute atomic E-state index is 0.276. The Balaban J connectivity index is 3.41. The summed E-state index contributed by atoms with van der Waals surface area (Å²) in [6.07, 6.45) is 9.94. The van der Waals surface area contributed by atoms with E-state index in [0.717, 1.165) is 19.1 Å². The summed E-state index contributed by atoms with van der Waals surface area (Å²) in [5.41, 5.74) is 0.708. The summed E-state index contributed by atoms with van der Waals surface area (Å²) in [5, 5.41) is 9.59. The lowest BCUT2D eigenvalue weighted by molar-refractivity contribution is -0.104. The molecule has 0 aromatic heterocycles. The quantitative estimate of drug-likeness (QED) is 0.362. The standard InChI is InChI=1S/C13H24O2/c1-3-4-5-6-7-8-13(15)10-9-12(2)11-14/h9,11,13,15H,3-8,10H2,1-2H3/b12-9+/t13-/m1/s1. The molecule has 0 radical (unpaired) electrons. The summed E-state index contributed by atoms with van der Waals surface area (Å²) in [6.45, 7) is 3.96. The molecule has 0 rings (SSSR count). The lowest BCUT2D eigenvalue weighted by atomic mass is 10.1. The van der Waals surface area contributed by atoms with Crippen LogP contribution in [0.1, 0.15) is 58.8 Å². The van der Waals surface area contributed by atoms with Crippen LogP contribution in [0.5, 0.6) is 0 Å². The smallest absolute Gasteiger partial charge is 0.145 e. The first-order valence-electron chi connectivity index (χ1n) is 6.00. The molecule has 1 N–H and O–H groups in total. The number of rotatable bonds is 9. The van der Waals surface area contributed by atoms with Gasteiger partial charge < -0.3 is 5.11 Å². The highest BCUT2D eigenvalue weighted by atomic mass is 16.3. The van der Waals surface area contributed by atoms with Gasteiger partial charge in [0, 0.05) is 0 Å². The molecule has 1 atom stereocenters. The van der Waals surface area contributed by atoms with Crippen LogP contribution in [0.15, 0.2) is 11.6 Å². The Labute approximate surface area is 93.4 Å². The topological polar surface area (TPSA) is 37.3 Å². The number of aliphatic hydroxyl groups is 1. The van der Waals surface area contributed by atoms with Crippen LogP contribution in [0.3, 0.4) is 0 Å². The van der Waals surface area contributed by atoms with Gasteiger partial charge in [-0.25, -0.2) is 0 Å². The molecule has 0 aromatic carbocycles. The van der Waals surface area contributed by atoms with E-state index in [0.29, 0.717) is 12.0 Å². The third-order valence-corrected chi connectivity index (χ3v) is 2.54.